The van der Waals surface area contributed by atoms with Crippen molar-refractivity contribution in [3.8, 4) is 5.88 Å². The second-order valence-electron chi connectivity index (χ2n) is 6.03. The van der Waals surface area contributed by atoms with Crippen LogP contribution in [0.2, 0.25) is 0 Å². The zero-order valence-corrected chi connectivity index (χ0v) is 12.8. The molecular formula is C15H20FN3O3. The number of halogens is 1. The molecule has 0 radical (unpaired) electrons. The van der Waals surface area contributed by atoms with Gasteiger partial charge < -0.3 is 19.3 Å². The molecule has 2 saturated heterocycles. The van der Waals surface area contributed by atoms with Gasteiger partial charge in [-0.15, -0.1) is 0 Å². The SMILES string of the molecule is CN(C)C(=O)N1CC2(C1)OCCC2COc1ncccc1F. The Morgan fingerprint density at radius 2 is 2.36 bits per heavy atom. The molecule has 1 aromatic rings. The minimum absolute atomic E-state index is 0.0171. The third kappa shape index (κ3) is 2.61. The van der Waals surface area contributed by atoms with Gasteiger partial charge in [-0.05, 0) is 18.6 Å². The zero-order valence-electron chi connectivity index (χ0n) is 12.8. The Morgan fingerprint density at radius 1 is 1.59 bits per heavy atom. The van der Waals surface area contributed by atoms with Crippen molar-refractivity contribution in [2.75, 3.05) is 40.4 Å². The summed E-state index contributed by atoms with van der Waals surface area (Å²) >= 11 is 0. The lowest BCUT2D eigenvalue weighted by Crippen LogP contribution is -2.68. The molecule has 0 saturated carbocycles. The standard InChI is InChI=1S/C15H20FN3O3/c1-18(2)14(20)19-9-15(10-19)11(5-7-22-15)8-21-13-12(16)4-3-6-17-13/h3-4,6,11H,5,7-10H2,1-2H3. The quantitative estimate of drug-likeness (QED) is 0.846. The predicted molar refractivity (Wildman–Crippen MR) is 77.1 cm³/mol. The highest BCUT2D eigenvalue weighted by molar-refractivity contribution is 5.75. The summed E-state index contributed by atoms with van der Waals surface area (Å²) in [5.41, 5.74) is -0.350. The average molecular weight is 309 g/mol. The smallest absolute Gasteiger partial charge is 0.319 e. The van der Waals surface area contributed by atoms with E-state index in [1.54, 1.807) is 23.9 Å². The lowest BCUT2D eigenvalue weighted by atomic mass is 9.81. The first-order chi connectivity index (χ1) is 10.5. The number of carbonyl (C=O) groups excluding carboxylic acids is 1. The van der Waals surface area contributed by atoms with Crippen molar-refractivity contribution in [2.45, 2.75) is 12.0 Å². The molecule has 2 amide bonds. The van der Waals surface area contributed by atoms with Gasteiger partial charge in [-0.3, -0.25) is 0 Å². The number of hydrogen-bond donors (Lipinski definition) is 0. The largest absolute Gasteiger partial charge is 0.475 e. The second kappa shape index (κ2) is 5.72. The highest BCUT2D eigenvalue weighted by atomic mass is 19.1. The molecule has 3 heterocycles. The summed E-state index contributed by atoms with van der Waals surface area (Å²) in [6, 6.07) is 2.83. The molecule has 0 aliphatic carbocycles. The monoisotopic (exact) mass is 309 g/mol. The van der Waals surface area contributed by atoms with E-state index < -0.39 is 5.82 Å². The minimum atomic E-state index is -0.464. The molecule has 0 aromatic carbocycles. The van der Waals surface area contributed by atoms with E-state index in [9.17, 15) is 9.18 Å². The Bertz CT molecular complexity index is 561. The highest BCUT2D eigenvalue weighted by Crippen LogP contribution is 2.40. The number of nitrogens with zero attached hydrogens (tertiary/aromatic N) is 3. The number of aromatic nitrogens is 1. The van der Waals surface area contributed by atoms with Gasteiger partial charge in [0.2, 0.25) is 5.88 Å². The van der Waals surface area contributed by atoms with Crippen molar-refractivity contribution in [2.24, 2.45) is 5.92 Å². The van der Waals surface area contributed by atoms with E-state index in [0.717, 1.165) is 6.42 Å². The number of likely N-dealkylation sites (tertiary alicyclic amines) is 1. The summed E-state index contributed by atoms with van der Waals surface area (Å²) in [5.74, 6) is -0.307. The molecule has 0 bridgehead atoms. The first-order valence-corrected chi connectivity index (χ1v) is 7.35. The van der Waals surface area contributed by atoms with Crippen LogP contribution < -0.4 is 4.74 Å². The van der Waals surface area contributed by atoms with Crippen molar-refractivity contribution in [1.82, 2.24) is 14.8 Å². The van der Waals surface area contributed by atoms with Crippen molar-refractivity contribution in [3.63, 3.8) is 0 Å². The summed E-state index contributed by atoms with van der Waals surface area (Å²) in [5, 5.41) is 0. The maximum absolute atomic E-state index is 13.5. The van der Waals surface area contributed by atoms with Crippen LogP contribution in [0.5, 0.6) is 5.88 Å². The van der Waals surface area contributed by atoms with E-state index in [4.69, 9.17) is 9.47 Å². The molecule has 120 valence electrons. The molecule has 1 spiro atoms. The minimum Gasteiger partial charge on any atom is -0.475 e. The number of urea groups is 1. The predicted octanol–water partition coefficient (Wildman–Crippen LogP) is 1.37. The lowest BCUT2D eigenvalue weighted by Gasteiger charge is -2.50. The number of amides is 2. The van der Waals surface area contributed by atoms with Crippen LogP contribution in [0.1, 0.15) is 6.42 Å². The van der Waals surface area contributed by atoms with Gasteiger partial charge in [0.25, 0.3) is 0 Å². The van der Waals surface area contributed by atoms with Gasteiger partial charge in [0.05, 0.1) is 19.7 Å². The maximum Gasteiger partial charge on any atom is 0.319 e. The third-order valence-electron chi connectivity index (χ3n) is 4.32. The van der Waals surface area contributed by atoms with Crippen LogP contribution in [0.25, 0.3) is 0 Å². The molecule has 0 N–H and O–H groups in total. The van der Waals surface area contributed by atoms with Crippen molar-refractivity contribution < 1.29 is 18.7 Å². The molecule has 7 heteroatoms. The summed E-state index contributed by atoms with van der Waals surface area (Å²) in [6.45, 7) is 2.10. The van der Waals surface area contributed by atoms with E-state index >= 15 is 0 Å². The van der Waals surface area contributed by atoms with Crippen LogP contribution in [-0.2, 0) is 4.74 Å². The van der Waals surface area contributed by atoms with Gasteiger partial charge in [0, 0.05) is 32.8 Å². The van der Waals surface area contributed by atoms with E-state index in [2.05, 4.69) is 4.98 Å². The van der Waals surface area contributed by atoms with Crippen LogP contribution in [-0.4, -0.2) is 66.8 Å². The molecule has 2 aliphatic rings. The molecule has 1 aromatic heterocycles. The molecule has 22 heavy (non-hydrogen) atoms. The number of pyridine rings is 1. The Morgan fingerprint density at radius 3 is 3.05 bits per heavy atom. The van der Waals surface area contributed by atoms with Gasteiger partial charge in [-0.1, -0.05) is 0 Å². The van der Waals surface area contributed by atoms with Crippen LogP contribution in [0.4, 0.5) is 9.18 Å². The van der Waals surface area contributed by atoms with E-state index in [1.807, 2.05) is 0 Å². The Balaban J connectivity index is 1.59. The number of ether oxygens (including phenoxy) is 2. The molecule has 3 rings (SSSR count). The molecule has 6 nitrogen and oxygen atoms in total. The molecule has 2 aliphatic heterocycles. The molecule has 1 unspecified atom stereocenters. The van der Waals surface area contributed by atoms with Crippen molar-refractivity contribution >= 4 is 6.03 Å². The summed E-state index contributed by atoms with van der Waals surface area (Å²) in [4.78, 5) is 19.1. The maximum atomic E-state index is 13.5. The van der Waals surface area contributed by atoms with Gasteiger partial charge in [0.1, 0.15) is 5.60 Å². The Hall–Kier alpha value is -1.89. The van der Waals surface area contributed by atoms with Crippen molar-refractivity contribution in [1.29, 1.82) is 0 Å². The fourth-order valence-corrected chi connectivity index (χ4v) is 3.04. The van der Waals surface area contributed by atoms with Crippen LogP contribution >= 0.6 is 0 Å². The normalized spacial score (nSPS) is 22.5. The number of hydrogen-bond acceptors (Lipinski definition) is 4. The average Bonchev–Trinajstić information content (AvgIpc) is 2.88. The van der Waals surface area contributed by atoms with E-state index in [-0.39, 0.29) is 23.4 Å². The van der Waals surface area contributed by atoms with Gasteiger partial charge in [0.15, 0.2) is 5.82 Å². The van der Waals surface area contributed by atoms with Gasteiger partial charge >= 0.3 is 6.03 Å². The summed E-state index contributed by atoms with van der Waals surface area (Å²) in [6.07, 6.45) is 2.35. The van der Waals surface area contributed by atoms with Crippen LogP contribution in [0.15, 0.2) is 18.3 Å². The zero-order chi connectivity index (χ0) is 15.7. The van der Waals surface area contributed by atoms with Crippen LogP contribution in [0, 0.1) is 11.7 Å². The van der Waals surface area contributed by atoms with E-state index in [1.165, 1.54) is 18.3 Å². The van der Waals surface area contributed by atoms with Gasteiger partial charge in [-0.2, -0.15) is 0 Å². The Labute approximate surface area is 128 Å². The van der Waals surface area contributed by atoms with Crippen molar-refractivity contribution in [3.05, 3.63) is 24.1 Å². The topological polar surface area (TPSA) is 54.9 Å². The van der Waals surface area contributed by atoms with Crippen LogP contribution in [0.3, 0.4) is 0 Å². The Kier molecular flexibility index (Phi) is 3.90. The highest BCUT2D eigenvalue weighted by Gasteiger charge is 2.55. The molecular weight excluding hydrogens is 289 g/mol. The number of carbonyl (C=O) groups is 1. The summed E-state index contributed by atoms with van der Waals surface area (Å²) in [7, 11) is 3.46. The number of rotatable bonds is 3. The molecule has 2 fully saturated rings. The lowest BCUT2D eigenvalue weighted by molar-refractivity contribution is -0.122. The van der Waals surface area contributed by atoms with E-state index in [0.29, 0.717) is 26.3 Å². The fourth-order valence-electron chi connectivity index (χ4n) is 3.04. The first kappa shape index (κ1) is 15.0. The molecule has 1 atom stereocenters. The van der Waals surface area contributed by atoms with Gasteiger partial charge in [-0.25, -0.2) is 14.2 Å². The third-order valence-corrected chi connectivity index (χ3v) is 4.32. The summed E-state index contributed by atoms with van der Waals surface area (Å²) < 4.78 is 24.9. The second-order valence-corrected chi connectivity index (χ2v) is 6.03. The first-order valence-electron chi connectivity index (χ1n) is 7.35. The fraction of sp³-hybridized carbons (Fsp3) is 0.600.